The van der Waals surface area contributed by atoms with Crippen molar-refractivity contribution < 1.29 is 14.8 Å². The van der Waals surface area contributed by atoms with E-state index in [0.29, 0.717) is 13.2 Å². The van der Waals surface area contributed by atoms with E-state index in [1.807, 2.05) is 29.6 Å². The summed E-state index contributed by atoms with van der Waals surface area (Å²) < 4.78 is 4.90. The van der Waals surface area contributed by atoms with E-state index in [1.54, 1.807) is 7.11 Å². The first-order valence-electron chi connectivity index (χ1n) is 5.95. The van der Waals surface area contributed by atoms with Crippen LogP contribution in [0.25, 0.3) is 0 Å². The average Bonchev–Trinajstić information content (AvgIpc) is 2.36. The fraction of sp³-hybridized carbons (Fsp3) is 0.462. The highest BCUT2D eigenvalue weighted by molar-refractivity contribution is 5.91. The van der Waals surface area contributed by atoms with Gasteiger partial charge in [-0.15, -0.1) is 0 Å². The number of carbonyl (C=O) groups is 1. The van der Waals surface area contributed by atoms with Crippen LogP contribution in [0.2, 0.25) is 0 Å². The molecule has 0 fully saturated rings. The van der Waals surface area contributed by atoms with Crippen LogP contribution in [0.5, 0.6) is 0 Å². The number of amides is 1. The molecule has 17 heavy (non-hydrogen) atoms. The lowest BCUT2D eigenvalue weighted by molar-refractivity contribution is -0.645. The second-order valence-electron chi connectivity index (χ2n) is 3.87. The number of nitrogens with two attached hydrogens (primary N) is 1. The second kappa shape index (κ2) is 7.81. The summed E-state index contributed by atoms with van der Waals surface area (Å²) in [6, 6.07) is 7.94. The lowest BCUT2D eigenvalue weighted by Gasteiger charge is -2.05. The third kappa shape index (κ3) is 5.47. The van der Waals surface area contributed by atoms with Gasteiger partial charge in [-0.05, 0) is 24.1 Å². The van der Waals surface area contributed by atoms with Crippen LogP contribution in [-0.4, -0.2) is 32.7 Å². The molecule has 4 heteroatoms. The third-order valence-corrected chi connectivity index (χ3v) is 2.50. The first kappa shape index (κ1) is 13.7. The normalized spacial score (nSPS) is 10.2. The Hall–Kier alpha value is -1.39. The van der Waals surface area contributed by atoms with E-state index in [0.717, 1.165) is 18.7 Å². The number of carbonyl (C=O) groups excluding carboxylic acids is 1. The predicted molar refractivity (Wildman–Crippen MR) is 68.0 cm³/mol. The van der Waals surface area contributed by atoms with Gasteiger partial charge in [-0.25, -0.2) is 0 Å². The van der Waals surface area contributed by atoms with Crippen molar-refractivity contribution in [3.05, 3.63) is 29.8 Å². The maximum atomic E-state index is 11.5. The Labute approximate surface area is 102 Å². The number of hydrogen-bond donors (Lipinski definition) is 2. The largest absolute Gasteiger partial charge is 0.379 e. The van der Waals surface area contributed by atoms with Crippen LogP contribution in [0.3, 0.4) is 0 Å². The second-order valence-corrected chi connectivity index (χ2v) is 3.87. The van der Waals surface area contributed by atoms with Gasteiger partial charge in [0.2, 0.25) is 0 Å². The molecule has 0 aliphatic heterocycles. The van der Waals surface area contributed by atoms with Crippen molar-refractivity contribution in [3.63, 3.8) is 0 Å². The number of rotatable bonds is 7. The summed E-state index contributed by atoms with van der Waals surface area (Å²) in [5.41, 5.74) is 2.13. The minimum atomic E-state index is 0.0188. The first-order chi connectivity index (χ1) is 8.26. The van der Waals surface area contributed by atoms with Gasteiger partial charge in [0.05, 0.1) is 13.2 Å². The fourth-order valence-electron chi connectivity index (χ4n) is 1.47. The lowest BCUT2D eigenvalue weighted by atomic mass is 10.1. The molecular formula is C13H21N2O2+. The molecule has 0 saturated carbocycles. The number of methoxy groups -OCH3 is 1. The highest BCUT2D eigenvalue weighted by Gasteiger charge is 2.03. The van der Waals surface area contributed by atoms with Crippen molar-refractivity contribution in [2.24, 2.45) is 0 Å². The molecule has 1 aromatic carbocycles. The molecule has 0 aliphatic carbocycles. The summed E-state index contributed by atoms with van der Waals surface area (Å²) in [4.78, 5) is 11.5. The molecular weight excluding hydrogens is 216 g/mol. The number of aryl methyl sites for hydroxylation is 1. The Morgan fingerprint density at radius 2 is 2.06 bits per heavy atom. The van der Waals surface area contributed by atoms with E-state index in [-0.39, 0.29) is 5.91 Å². The standard InChI is InChI=1S/C13H20N2O2/c1-3-11-4-6-12(7-5-11)15-13(16)10-14-8-9-17-2/h4-7,14H,3,8-10H2,1-2H3,(H,15,16)/p+1. The summed E-state index contributed by atoms with van der Waals surface area (Å²) >= 11 is 0. The summed E-state index contributed by atoms with van der Waals surface area (Å²) in [6.07, 6.45) is 1.01. The van der Waals surface area contributed by atoms with Gasteiger partial charge >= 0.3 is 0 Å². The molecule has 0 aromatic heterocycles. The number of ether oxygens (including phenoxy) is 1. The van der Waals surface area contributed by atoms with E-state index >= 15 is 0 Å². The van der Waals surface area contributed by atoms with Crippen LogP contribution >= 0.6 is 0 Å². The molecule has 1 rings (SSSR count). The average molecular weight is 237 g/mol. The molecule has 0 radical (unpaired) electrons. The van der Waals surface area contributed by atoms with Gasteiger partial charge in [0.25, 0.3) is 5.91 Å². The van der Waals surface area contributed by atoms with Gasteiger partial charge in [-0.3, -0.25) is 4.79 Å². The minimum absolute atomic E-state index is 0.0188. The summed E-state index contributed by atoms with van der Waals surface area (Å²) in [5, 5.41) is 4.79. The quantitative estimate of drug-likeness (QED) is 0.674. The zero-order valence-electron chi connectivity index (χ0n) is 10.5. The molecule has 94 valence electrons. The van der Waals surface area contributed by atoms with Crippen molar-refractivity contribution in [3.8, 4) is 0 Å². The van der Waals surface area contributed by atoms with E-state index < -0.39 is 0 Å². The number of quaternary nitrogens is 1. The zero-order valence-corrected chi connectivity index (χ0v) is 10.5. The SMILES string of the molecule is CCc1ccc(NC(=O)C[NH2+]CCOC)cc1. The maximum absolute atomic E-state index is 11.5. The van der Waals surface area contributed by atoms with Crippen molar-refractivity contribution in [2.75, 3.05) is 32.1 Å². The molecule has 0 heterocycles. The highest BCUT2D eigenvalue weighted by atomic mass is 16.5. The van der Waals surface area contributed by atoms with Crippen LogP contribution in [0.1, 0.15) is 12.5 Å². The summed E-state index contributed by atoms with van der Waals surface area (Å²) in [7, 11) is 1.66. The fourth-order valence-corrected chi connectivity index (χ4v) is 1.47. The molecule has 0 bridgehead atoms. The third-order valence-electron chi connectivity index (χ3n) is 2.50. The van der Waals surface area contributed by atoms with Gasteiger partial charge < -0.3 is 15.4 Å². The smallest absolute Gasteiger partial charge is 0.279 e. The maximum Gasteiger partial charge on any atom is 0.279 e. The molecule has 0 aliphatic rings. The first-order valence-corrected chi connectivity index (χ1v) is 5.95. The summed E-state index contributed by atoms with van der Waals surface area (Å²) in [6.45, 7) is 4.01. The van der Waals surface area contributed by atoms with Gasteiger partial charge in [0.15, 0.2) is 6.54 Å². The number of hydrogen-bond acceptors (Lipinski definition) is 2. The Kier molecular flexibility index (Phi) is 6.29. The molecule has 0 unspecified atom stereocenters. The number of benzene rings is 1. The van der Waals surface area contributed by atoms with E-state index in [1.165, 1.54) is 5.56 Å². The van der Waals surface area contributed by atoms with Crippen molar-refractivity contribution in [1.29, 1.82) is 0 Å². The van der Waals surface area contributed by atoms with Gasteiger partial charge in [-0.2, -0.15) is 0 Å². The van der Waals surface area contributed by atoms with E-state index in [4.69, 9.17) is 4.74 Å². The van der Waals surface area contributed by atoms with Crippen molar-refractivity contribution in [2.45, 2.75) is 13.3 Å². The predicted octanol–water partition coefficient (Wildman–Crippen LogP) is 0.397. The highest BCUT2D eigenvalue weighted by Crippen LogP contribution is 2.09. The topological polar surface area (TPSA) is 54.9 Å². The van der Waals surface area contributed by atoms with Gasteiger partial charge in [-0.1, -0.05) is 19.1 Å². The van der Waals surface area contributed by atoms with Crippen LogP contribution in [0.15, 0.2) is 24.3 Å². The lowest BCUT2D eigenvalue weighted by Crippen LogP contribution is -2.87. The van der Waals surface area contributed by atoms with Gasteiger partial charge in [0.1, 0.15) is 0 Å². The summed E-state index contributed by atoms with van der Waals surface area (Å²) in [5.74, 6) is 0.0188. The Morgan fingerprint density at radius 3 is 2.65 bits per heavy atom. The van der Waals surface area contributed by atoms with E-state index in [9.17, 15) is 4.79 Å². The van der Waals surface area contributed by atoms with Crippen LogP contribution in [0, 0.1) is 0 Å². The van der Waals surface area contributed by atoms with Crippen molar-refractivity contribution in [1.82, 2.24) is 0 Å². The van der Waals surface area contributed by atoms with Gasteiger partial charge in [0, 0.05) is 12.8 Å². The molecule has 0 saturated heterocycles. The Morgan fingerprint density at radius 1 is 1.35 bits per heavy atom. The molecule has 3 N–H and O–H groups in total. The van der Waals surface area contributed by atoms with Crippen molar-refractivity contribution >= 4 is 11.6 Å². The zero-order chi connectivity index (χ0) is 12.5. The molecule has 4 nitrogen and oxygen atoms in total. The number of nitrogens with one attached hydrogen (secondary N) is 1. The minimum Gasteiger partial charge on any atom is -0.379 e. The molecule has 0 spiro atoms. The molecule has 0 atom stereocenters. The Balaban J connectivity index is 2.29. The van der Waals surface area contributed by atoms with Crippen LogP contribution in [-0.2, 0) is 16.0 Å². The van der Waals surface area contributed by atoms with E-state index in [2.05, 4.69) is 12.2 Å². The molecule has 1 aromatic rings. The van der Waals surface area contributed by atoms with Crippen LogP contribution < -0.4 is 10.6 Å². The Bertz CT molecular complexity index is 336. The number of anilines is 1. The monoisotopic (exact) mass is 237 g/mol. The van der Waals surface area contributed by atoms with Crippen LogP contribution in [0.4, 0.5) is 5.69 Å². The molecule has 1 amide bonds.